The molecule has 0 saturated heterocycles. The highest BCUT2D eigenvalue weighted by molar-refractivity contribution is 7.91. The van der Waals surface area contributed by atoms with Crippen LogP contribution in [0.3, 0.4) is 0 Å². The van der Waals surface area contributed by atoms with E-state index in [4.69, 9.17) is 5.11 Å². The number of rotatable bonds is 8. The zero-order valence-electron chi connectivity index (χ0n) is 13.0. The van der Waals surface area contributed by atoms with Gasteiger partial charge in [0.1, 0.15) is 0 Å². The van der Waals surface area contributed by atoms with Crippen LogP contribution in [0.15, 0.2) is 35.5 Å². The van der Waals surface area contributed by atoms with Crippen molar-refractivity contribution in [2.75, 3.05) is 25.4 Å². The molecule has 0 amide bonds. The molecule has 0 unspecified atom stereocenters. The molecule has 0 spiro atoms. The van der Waals surface area contributed by atoms with Crippen LogP contribution >= 0.6 is 0 Å². The van der Waals surface area contributed by atoms with E-state index in [-0.39, 0.29) is 28.6 Å². The molecule has 0 bridgehead atoms. The second-order valence-corrected chi connectivity index (χ2v) is 7.65. The van der Waals surface area contributed by atoms with Gasteiger partial charge in [0.2, 0.25) is 0 Å². The minimum Gasteiger partial charge on any atom is -0.396 e. The Kier molecular flexibility index (Phi) is 6.04. The molecule has 1 aromatic carbocycles. The first-order chi connectivity index (χ1) is 11.0. The van der Waals surface area contributed by atoms with Crippen LogP contribution in [-0.4, -0.2) is 44.0 Å². The van der Waals surface area contributed by atoms with Gasteiger partial charge in [-0.25, -0.2) is 12.8 Å². The van der Waals surface area contributed by atoms with Gasteiger partial charge in [-0.1, -0.05) is 19.1 Å². The molecule has 2 aromatic rings. The third-order valence-corrected chi connectivity index (χ3v) is 5.56. The lowest BCUT2D eigenvalue weighted by molar-refractivity contribution is 0.285. The summed E-state index contributed by atoms with van der Waals surface area (Å²) in [7, 11) is -3.61. The zero-order chi connectivity index (χ0) is 16.9. The lowest BCUT2D eigenvalue weighted by Crippen LogP contribution is -2.27. The maximum absolute atomic E-state index is 14.0. The number of hydrogen-bond acceptors (Lipinski definition) is 5. The van der Waals surface area contributed by atoms with E-state index in [1.165, 1.54) is 12.3 Å². The number of fused-ring (bicyclic) bond motifs is 1. The Morgan fingerprint density at radius 2 is 2.13 bits per heavy atom. The molecule has 2 rings (SSSR count). The van der Waals surface area contributed by atoms with Crippen LogP contribution in [0.25, 0.3) is 10.8 Å². The number of halogens is 1. The fraction of sp³-hybridized carbons (Fsp3) is 0.438. The molecule has 0 aliphatic heterocycles. The number of aliphatic hydroxyl groups is 1. The van der Waals surface area contributed by atoms with Crippen LogP contribution in [0.1, 0.15) is 13.3 Å². The van der Waals surface area contributed by atoms with Crippen molar-refractivity contribution in [1.82, 2.24) is 10.3 Å². The van der Waals surface area contributed by atoms with E-state index < -0.39 is 15.7 Å². The summed E-state index contributed by atoms with van der Waals surface area (Å²) >= 11 is 0. The van der Waals surface area contributed by atoms with Gasteiger partial charge in [-0.3, -0.25) is 4.98 Å². The number of sulfone groups is 1. The zero-order valence-corrected chi connectivity index (χ0v) is 13.8. The fourth-order valence-corrected chi connectivity index (χ4v) is 4.35. The molecular weight excluding hydrogens is 319 g/mol. The number of nitrogens with zero attached hydrogens (tertiary/aromatic N) is 1. The maximum Gasteiger partial charge on any atom is 0.179 e. The lowest BCUT2D eigenvalue weighted by atomic mass is 10.2. The quantitative estimate of drug-likeness (QED) is 0.716. The molecule has 126 valence electrons. The van der Waals surface area contributed by atoms with Crippen LogP contribution in [0.4, 0.5) is 4.39 Å². The van der Waals surface area contributed by atoms with Gasteiger partial charge in [-0.2, -0.15) is 0 Å². The first-order valence-electron chi connectivity index (χ1n) is 7.52. The van der Waals surface area contributed by atoms with Crippen molar-refractivity contribution in [2.45, 2.75) is 18.2 Å². The van der Waals surface area contributed by atoms with Crippen molar-refractivity contribution in [1.29, 1.82) is 0 Å². The highest BCUT2D eigenvalue weighted by Crippen LogP contribution is 2.26. The average Bonchev–Trinajstić information content (AvgIpc) is 2.51. The Hall–Kier alpha value is -1.57. The van der Waals surface area contributed by atoms with Gasteiger partial charge in [0.05, 0.1) is 16.8 Å². The maximum atomic E-state index is 14.0. The van der Waals surface area contributed by atoms with Crippen molar-refractivity contribution in [3.63, 3.8) is 0 Å². The average molecular weight is 340 g/mol. The highest BCUT2D eigenvalue weighted by atomic mass is 32.2. The van der Waals surface area contributed by atoms with Gasteiger partial charge in [0, 0.05) is 23.6 Å². The molecule has 1 heterocycles. The standard InChI is InChI=1S/C16H21FN2O3S/c1-12(8-18-6-3-7-20)11-23(21,22)15-5-2-4-13-9-19-10-14(17)16(13)15/h2,4-5,9-10,12,18,20H,3,6-8,11H2,1H3/t12-/m0/s1. The second kappa shape index (κ2) is 7.81. The normalized spacial score (nSPS) is 13.3. The monoisotopic (exact) mass is 340 g/mol. The molecule has 0 radical (unpaired) electrons. The van der Waals surface area contributed by atoms with Crippen LogP contribution < -0.4 is 5.32 Å². The van der Waals surface area contributed by atoms with Gasteiger partial charge in [0.15, 0.2) is 15.7 Å². The van der Waals surface area contributed by atoms with E-state index in [0.29, 0.717) is 24.9 Å². The largest absolute Gasteiger partial charge is 0.396 e. The summed E-state index contributed by atoms with van der Waals surface area (Å²) in [6, 6.07) is 4.68. The molecule has 0 fully saturated rings. The summed E-state index contributed by atoms with van der Waals surface area (Å²) in [5.74, 6) is -0.825. The summed E-state index contributed by atoms with van der Waals surface area (Å²) in [6.45, 7) is 3.08. The van der Waals surface area contributed by atoms with E-state index in [0.717, 1.165) is 6.20 Å². The smallest absolute Gasteiger partial charge is 0.179 e. The number of aliphatic hydroxyl groups excluding tert-OH is 1. The first kappa shape index (κ1) is 17.8. The Balaban J connectivity index is 2.20. The van der Waals surface area contributed by atoms with E-state index in [9.17, 15) is 12.8 Å². The molecule has 0 aliphatic rings. The first-order valence-corrected chi connectivity index (χ1v) is 9.17. The van der Waals surface area contributed by atoms with E-state index in [1.54, 1.807) is 12.1 Å². The van der Waals surface area contributed by atoms with Crippen LogP contribution in [0.2, 0.25) is 0 Å². The lowest BCUT2D eigenvalue weighted by Gasteiger charge is -2.14. The predicted molar refractivity (Wildman–Crippen MR) is 87.5 cm³/mol. The second-order valence-electron chi connectivity index (χ2n) is 5.64. The minimum absolute atomic E-state index is 0.0112. The third kappa shape index (κ3) is 4.46. The van der Waals surface area contributed by atoms with Crippen molar-refractivity contribution in [3.8, 4) is 0 Å². The molecular formula is C16H21FN2O3S. The molecule has 1 aromatic heterocycles. The van der Waals surface area contributed by atoms with Gasteiger partial charge in [-0.15, -0.1) is 0 Å². The van der Waals surface area contributed by atoms with E-state index in [2.05, 4.69) is 10.3 Å². The fourth-order valence-electron chi connectivity index (χ4n) is 2.49. The van der Waals surface area contributed by atoms with E-state index in [1.807, 2.05) is 6.92 Å². The SMILES string of the molecule is C[C@@H](CNCCCO)CS(=O)(=O)c1cccc2cncc(F)c12. The molecule has 0 aliphatic carbocycles. The summed E-state index contributed by atoms with van der Waals surface area (Å²) in [5, 5.41) is 12.4. The predicted octanol–water partition coefficient (Wildman–Crippen LogP) is 1.76. The molecule has 7 heteroatoms. The molecule has 0 saturated carbocycles. The summed E-state index contributed by atoms with van der Waals surface area (Å²) < 4.78 is 39.3. The Bertz CT molecular complexity index is 760. The van der Waals surface area contributed by atoms with Crippen LogP contribution in [0, 0.1) is 11.7 Å². The summed E-state index contributed by atoms with van der Waals surface area (Å²) in [6.07, 6.45) is 3.11. The van der Waals surface area contributed by atoms with Gasteiger partial charge >= 0.3 is 0 Å². The third-order valence-electron chi connectivity index (χ3n) is 3.54. The molecule has 1 atom stereocenters. The minimum atomic E-state index is -3.61. The Morgan fingerprint density at radius 1 is 1.35 bits per heavy atom. The number of aromatic nitrogens is 1. The topological polar surface area (TPSA) is 79.3 Å². The highest BCUT2D eigenvalue weighted by Gasteiger charge is 2.22. The van der Waals surface area contributed by atoms with Crippen molar-refractivity contribution in [2.24, 2.45) is 5.92 Å². The van der Waals surface area contributed by atoms with Crippen molar-refractivity contribution >= 4 is 20.6 Å². The molecule has 5 nitrogen and oxygen atoms in total. The summed E-state index contributed by atoms with van der Waals surface area (Å²) in [5.41, 5.74) is 0. The number of pyridine rings is 1. The van der Waals surface area contributed by atoms with Gasteiger partial charge in [-0.05, 0) is 31.5 Å². The summed E-state index contributed by atoms with van der Waals surface area (Å²) in [4.78, 5) is 3.77. The van der Waals surface area contributed by atoms with Crippen LogP contribution in [-0.2, 0) is 9.84 Å². The number of nitrogens with one attached hydrogen (secondary N) is 1. The van der Waals surface area contributed by atoms with E-state index >= 15 is 0 Å². The van der Waals surface area contributed by atoms with Crippen LogP contribution in [0.5, 0.6) is 0 Å². The molecule has 23 heavy (non-hydrogen) atoms. The number of benzene rings is 1. The Morgan fingerprint density at radius 3 is 2.87 bits per heavy atom. The van der Waals surface area contributed by atoms with Crippen molar-refractivity contribution < 1.29 is 17.9 Å². The van der Waals surface area contributed by atoms with Gasteiger partial charge < -0.3 is 10.4 Å². The van der Waals surface area contributed by atoms with Gasteiger partial charge in [0.25, 0.3) is 0 Å². The Labute approximate surface area is 135 Å². The van der Waals surface area contributed by atoms with Crippen molar-refractivity contribution in [3.05, 3.63) is 36.4 Å². The molecule has 2 N–H and O–H groups in total. The number of hydrogen-bond donors (Lipinski definition) is 2.